The van der Waals surface area contributed by atoms with Crippen LogP contribution in [0.2, 0.25) is 0 Å². The van der Waals surface area contributed by atoms with Gasteiger partial charge in [-0.25, -0.2) is 0 Å². The van der Waals surface area contributed by atoms with Gasteiger partial charge in [-0.15, -0.1) is 0 Å². The minimum absolute atomic E-state index is 0.603. The van der Waals surface area contributed by atoms with E-state index in [4.69, 9.17) is 9.15 Å². The lowest BCUT2D eigenvalue weighted by atomic mass is 9.99. The summed E-state index contributed by atoms with van der Waals surface area (Å²) in [5, 5.41) is 4.38. The van der Waals surface area contributed by atoms with Gasteiger partial charge in [0.1, 0.15) is 5.76 Å². The molecular formula is C17H25NO2. The fourth-order valence-corrected chi connectivity index (χ4v) is 2.45. The molecule has 0 aliphatic carbocycles. The molecule has 0 amide bonds. The molecule has 0 saturated carbocycles. The number of rotatable bonds is 7. The van der Waals surface area contributed by atoms with Gasteiger partial charge in [-0.05, 0) is 31.9 Å². The molecule has 0 bridgehead atoms. The van der Waals surface area contributed by atoms with Crippen LogP contribution in [-0.4, -0.2) is 13.7 Å². The Morgan fingerprint density at radius 1 is 1.30 bits per heavy atom. The van der Waals surface area contributed by atoms with Crippen molar-refractivity contribution >= 4 is 11.0 Å². The Morgan fingerprint density at radius 2 is 2.10 bits per heavy atom. The quantitative estimate of drug-likeness (QED) is 0.824. The minimum atomic E-state index is 0.603. The van der Waals surface area contributed by atoms with Crippen LogP contribution in [0.5, 0.6) is 5.75 Å². The molecule has 0 aliphatic rings. The molecule has 0 fully saturated rings. The highest BCUT2D eigenvalue weighted by Gasteiger charge is 2.17. The Bertz CT molecular complexity index is 557. The third-order valence-corrected chi connectivity index (χ3v) is 3.28. The average molecular weight is 275 g/mol. The van der Waals surface area contributed by atoms with Crippen molar-refractivity contribution in [1.29, 1.82) is 0 Å². The molecule has 0 atom stereocenters. The number of para-hydroxylation sites is 1. The van der Waals surface area contributed by atoms with E-state index in [9.17, 15) is 0 Å². The highest BCUT2D eigenvalue weighted by molar-refractivity contribution is 5.87. The third kappa shape index (κ3) is 3.15. The van der Waals surface area contributed by atoms with E-state index in [1.54, 1.807) is 0 Å². The van der Waals surface area contributed by atoms with Crippen LogP contribution < -0.4 is 10.1 Å². The van der Waals surface area contributed by atoms with Crippen molar-refractivity contribution in [3.05, 3.63) is 29.5 Å². The summed E-state index contributed by atoms with van der Waals surface area (Å²) in [5.41, 5.74) is 2.20. The summed E-state index contributed by atoms with van der Waals surface area (Å²) in [6, 6.07) is 6.17. The zero-order chi connectivity index (χ0) is 14.5. The Morgan fingerprint density at radius 3 is 2.75 bits per heavy atom. The SMILES string of the molecule is CCCOc1cccc2c(CC(C)C)c(CNC)oc12. The first-order valence-electron chi connectivity index (χ1n) is 7.48. The van der Waals surface area contributed by atoms with Gasteiger partial charge in [0, 0.05) is 10.9 Å². The molecule has 1 aromatic carbocycles. The molecule has 0 saturated heterocycles. The van der Waals surface area contributed by atoms with Gasteiger partial charge in [0.05, 0.1) is 13.2 Å². The molecule has 20 heavy (non-hydrogen) atoms. The van der Waals surface area contributed by atoms with Gasteiger partial charge in [0.25, 0.3) is 0 Å². The normalized spacial score (nSPS) is 11.4. The molecule has 1 N–H and O–H groups in total. The van der Waals surface area contributed by atoms with Crippen LogP contribution >= 0.6 is 0 Å². The van der Waals surface area contributed by atoms with Crippen molar-refractivity contribution in [3.63, 3.8) is 0 Å². The van der Waals surface area contributed by atoms with E-state index < -0.39 is 0 Å². The van der Waals surface area contributed by atoms with E-state index in [0.29, 0.717) is 5.92 Å². The Hall–Kier alpha value is -1.48. The maximum absolute atomic E-state index is 6.08. The second-order valence-corrected chi connectivity index (χ2v) is 5.61. The smallest absolute Gasteiger partial charge is 0.176 e. The van der Waals surface area contributed by atoms with Gasteiger partial charge < -0.3 is 14.5 Å². The predicted molar refractivity (Wildman–Crippen MR) is 83.3 cm³/mol. The van der Waals surface area contributed by atoms with Gasteiger partial charge in [-0.1, -0.05) is 32.9 Å². The molecule has 0 radical (unpaired) electrons. The topological polar surface area (TPSA) is 34.4 Å². The first-order chi connectivity index (χ1) is 9.67. The van der Waals surface area contributed by atoms with E-state index >= 15 is 0 Å². The van der Waals surface area contributed by atoms with Gasteiger partial charge in [0.2, 0.25) is 0 Å². The Kier molecular flexibility index (Phi) is 5.07. The van der Waals surface area contributed by atoms with Crippen molar-refractivity contribution in [3.8, 4) is 5.75 Å². The number of benzene rings is 1. The Balaban J connectivity index is 2.48. The van der Waals surface area contributed by atoms with Crippen LogP contribution in [0, 0.1) is 5.92 Å². The second kappa shape index (κ2) is 6.80. The highest BCUT2D eigenvalue weighted by Crippen LogP contribution is 2.34. The van der Waals surface area contributed by atoms with Crippen LogP contribution in [0.1, 0.15) is 38.5 Å². The molecular weight excluding hydrogens is 250 g/mol. The van der Waals surface area contributed by atoms with E-state index in [1.807, 2.05) is 13.1 Å². The summed E-state index contributed by atoms with van der Waals surface area (Å²) in [6.45, 7) is 8.06. The number of fused-ring (bicyclic) bond motifs is 1. The first-order valence-corrected chi connectivity index (χ1v) is 7.48. The molecule has 0 unspecified atom stereocenters. The number of hydrogen-bond acceptors (Lipinski definition) is 3. The van der Waals surface area contributed by atoms with Crippen molar-refractivity contribution in [2.45, 2.75) is 40.2 Å². The number of furan rings is 1. The molecule has 110 valence electrons. The van der Waals surface area contributed by atoms with Crippen LogP contribution in [0.25, 0.3) is 11.0 Å². The summed E-state index contributed by atoms with van der Waals surface area (Å²) in [5.74, 6) is 2.49. The zero-order valence-electron chi connectivity index (χ0n) is 13.0. The molecule has 0 aliphatic heterocycles. The molecule has 1 aromatic heterocycles. The lowest BCUT2D eigenvalue weighted by molar-refractivity contribution is 0.315. The second-order valence-electron chi connectivity index (χ2n) is 5.61. The van der Waals surface area contributed by atoms with Crippen molar-refractivity contribution in [2.24, 2.45) is 5.92 Å². The highest BCUT2D eigenvalue weighted by atomic mass is 16.5. The van der Waals surface area contributed by atoms with Crippen molar-refractivity contribution in [2.75, 3.05) is 13.7 Å². The molecule has 2 aromatic rings. The lowest BCUT2D eigenvalue weighted by Crippen LogP contribution is -2.07. The predicted octanol–water partition coefficient (Wildman–Crippen LogP) is 4.14. The van der Waals surface area contributed by atoms with Crippen molar-refractivity contribution in [1.82, 2.24) is 5.32 Å². The average Bonchev–Trinajstić information content (AvgIpc) is 2.75. The first kappa shape index (κ1) is 14.9. The lowest BCUT2D eigenvalue weighted by Gasteiger charge is -2.06. The molecule has 1 heterocycles. The Labute approximate surface area is 121 Å². The summed E-state index contributed by atoms with van der Waals surface area (Å²) in [7, 11) is 1.95. The van der Waals surface area contributed by atoms with Crippen LogP contribution in [0.4, 0.5) is 0 Å². The molecule has 3 nitrogen and oxygen atoms in total. The fraction of sp³-hybridized carbons (Fsp3) is 0.529. The van der Waals surface area contributed by atoms with Crippen LogP contribution in [0.15, 0.2) is 22.6 Å². The summed E-state index contributed by atoms with van der Waals surface area (Å²) >= 11 is 0. The number of nitrogens with one attached hydrogen (secondary N) is 1. The van der Waals surface area contributed by atoms with Crippen molar-refractivity contribution < 1.29 is 9.15 Å². The molecule has 0 spiro atoms. The maximum atomic E-state index is 6.08. The third-order valence-electron chi connectivity index (χ3n) is 3.28. The van der Waals surface area contributed by atoms with Gasteiger partial charge in [-0.2, -0.15) is 0 Å². The standard InChI is InChI=1S/C17H25NO2/c1-5-9-19-15-8-6-7-13-14(10-12(2)3)16(11-18-4)20-17(13)15/h6-8,12,18H,5,9-11H2,1-4H3. The largest absolute Gasteiger partial charge is 0.490 e. The summed E-state index contributed by atoms with van der Waals surface area (Å²) < 4.78 is 11.9. The van der Waals surface area contributed by atoms with E-state index in [2.05, 4.69) is 38.2 Å². The summed E-state index contributed by atoms with van der Waals surface area (Å²) in [6.07, 6.45) is 2.03. The van der Waals surface area contributed by atoms with Gasteiger partial charge in [-0.3, -0.25) is 0 Å². The minimum Gasteiger partial charge on any atom is -0.490 e. The van der Waals surface area contributed by atoms with Gasteiger partial charge >= 0.3 is 0 Å². The molecule has 3 heteroatoms. The van der Waals surface area contributed by atoms with E-state index in [1.165, 1.54) is 10.9 Å². The van der Waals surface area contributed by atoms with Crippen LogP contribution in [-0.2, 0) is 13.0 Å². The van der Waals surface area contributed by atoms with E-state index in [0.717, 1.165) is 43.1 Å². The summed E-state index contributed by atoms with van der Waals surface area (Å²) in [4.78, 5) is 0. The van der Waals surface area contributed by atoms with Gasteiger partial charge in [0.15, 0.2) is 11.3 Å². The maximum Gasteiger partial charge on any atom is 0.176 e. The molecule has 2 rings (SSSR count). The monoisotopic (exact) mass is 275 g/mol. The zero-order valence-corrected chi connectivity index (χ0v) is 13.0. The number of hydrogen-bond donors (Lipinski definition) is 1. The fourth-order valence-electron chi connectivity index (χ4n) is 2.45. The van der Waals surface area contributed by atoms with Crippen LogP contribution in [0.3, 0.4) is 0 Å². The van der Waals surface area contributed by atoms with E-state index in [-0.39, 0.29) is 0 Å². The number of ether oxygens (including phenoxy) is 1.